The molecule has 280 valence electrons. The lowest BCUT2D eigenvalue weighted by atomic mass is 9.73. The van der Waals surface area contributed by atoms with Crippen LogP contribution < -0.4 is 15.1 Å². The summed E-state index contributed by atoms with van der Waals surface area (Å²) in [4.78, 5) is 21.5. The largest absolute Gasteiger partial charge is 0.328 e. The van der Waals surface area contributed by atoms with Gasteiger partial charge in [-0.25, -0.2) is 15.0 Å². The van der Waals surface area contributed by atoms with Crippen molar-refractivity contribution in [2.24, 2.45) is 15.9 Å². The average molecular weight is 743 g/mol. The van der Waals surface area contributed by atoms with Gasteiger partial charge in [-0.1, -0.05) is 155 Å². The summed E-state index contributed by atoms with van der Waals surface area (Å²) in [7, 11) is 0. The van der Waals surface area contributed by atoms with Gasteiger partial charge in [0.1, 0.15) is 17.5 Å². The molecule has 0 amide bonds. The fraction of sp³-hybridized carbons (Fsp3) is 0.196. The van der Waals surface area contributed by atoms with Crippen LogP contribution in [0.1, 0.15) is 74.4 Å². The second kappa shape index (κ2) is 13.0. The summed E-state index contributed by atoms with van der Waals surface area (Å²) < 4.78 is 0. The van der Waals surface area contributed by atoms with Gasteiger partial charge in [0.15, 0.2) is 5.66 Å². The Labute approximate surface area is 335 Å². The Morgan fingerprint density at radius 1 is 0.561 bits per heavy atom. The first kappa shape index (κ1) is 34.9. The summed E-state index contributed by atoms with van der Waals surface area (Å²) >= 11 is 0. The van der Waals surface area contributed by atoms with E-state index in [2.05, 4.69) is 201 Å². The van der Waals surface area contributed by atoms with Gasteiger partial charge in [-0.05, 0) is 65.9 Å². The first-order valence-corrected chi connectivity index (χ1v) is 20.0. The van der Waals surface area contributed by atoms with E-state index in [1.807, 2.05) is 12.3 Å². The Hall–Kier alpha value is -6.53. The van der Waals surface area contributed by atoms with E-state index in [1.54, 1.807) is 0 Å². The van der Waals surface area contributed by atoms with E-state index >= 15 is 0 Å². The predicted molar refractivity (Wildman–Crippen MR) is 235 cm³/mol. The smallest absolute Gasteiger partial charge is 0.180 e. The third-order valence-electron chi connectivity index (χ3n) is 12.4. The van der Waals surface area contributed by atoms with Crippen molar-refractivity contribution in [3.8, 4) is 0 Å². The maximum absolute atomic E-state index is 5.63. The molecule has 0 spiro atoms. The molecule has 2 unspecified atom stereocenters. The van der Waals surface area contributed by atoms with Gasteiger partial charge in [0.2, 0.25) is 0 Å². The number of nitrogens with zero attached hydrogens (tertiary/aromatic N) is 5. The van der Waals surface area contributed by atoms with E-state index in [0.717, 1.165) is 63.5 Å². The van der Waals surface area contributed by atoms with Crippen molar-refractivity contribution < 1.29 is 0 Å². The molecule has 5 aromatic carbocycles. The maximum atomic E-state index is 5.63. The molecular formula is C51H46N6. The van der Waals surface area contributed by atoms with Gasteiger partial charge in [-0.15, -0.1) is 0 Å². The lowest BCUT2D eigenvalue weighted by molar-refractivity contribution is 0.509. The molecule has 0 radical (unpaired) electrons. The number of amidine groups is 2. The van der Waals surface area contributed by atoms with Gasteiger partial charge in [0, 0.05) is 27.9 Å². The molecule has 6 nitrogen and oxygen atoms in total. The Balaban J connectivity index is 1.27. The van der Waals surface area contributed by atoms with Crippen LogP contribution in [0.15, 0.2) is 174 Å². The number of anilines is 6. The SMILES string of the molecule is CC1(c2cc(N3c4ccccc4C(C)(C)c4ccccc43)cnc2N2c3ccccc3C(C)(C)c3ccccc32)N=C(c2ccccc2)NC(C2C=CC=CC2)=N1. The molecular weight excluding hydrogens is 697 g/mol. The fourth-order valence-electron chi connectivity index (χ4n) is 9.41. The van der Waals surface area contributed by atoms with Crippen LogP contribution in [0.2, 0.25) is 0 Å². The van der Waals surface area contributed by atoms with Crippen molar-refractivity contribution in [3.05, 3.63) is 197 Å². The number of para-hydroxylation sites is 4. The topological polar surface area (TPSA) is 56.1 Å². The standard InChI is InChI=1S/C51H46N6/c1-49(2)37-24-12-16-28-42(37)56(43-29-17-13-25-38(43)49)36-32-41(51(5)54-46(34-20-8-6-9-21-34)53-47(55-51)35-22-10-7-11-23-35)48(52-33-36)57-44-30-18-14-26-39(44)50(3,4)40-27-15-19-31-45(40)57/h6-22,24-33,35H,23H2,1-5H3,(H,53,54,55). The molecule has 1 aliphatic carbocycles. The fourth-order valence-corrected chi connectivity index (χ4v) is 9.41. The summed E-state index contributed by atoms with van der Waals surface area (Å²) in [5.74, 6) is 2.55. The Bertz CT molecular complexity index is 2590. The van der Waals surface area contributed by atoms with Gasteiger partial charge in [-0.2, -0.15) is 0 Å². The molecule has 57 heavy (non-hydrogen) atoms. The second-order valence-corrected chi connectivity index (χ2v) is 16.7. The minimum Gasteiger partial charge on any atom is -0.328 e. The van der Waals surface area contributed by atoms with Gasteiger partial charge >= 0.3 is 0 Å². The van der Waals surface area contributed by atoms with Crippen LogP contribution in [0, 0.1) is 5.92 Å². The molecule has 4 heterocycles. The van der Waals surface area contributed by atoms with Crippen LogP contribution in [-0.2, 0) is 16.5 Å². The Morgan fingerprint density at radius 3 is 1.60 bits per heavy atom. The molecule has 10 rings (SSSR count). The highest BCUT2D eigenvalue weighted by atomic mass is 15.3. The Morgan fingerprint density at radius 2 is 1.07 bits per heavy atom. The molecule has 3 aliphatic heterocycles. The highest BCUT2D eigenvalue weighted by molar-refractivity contribution is 6.12. The minimum absolute atomic E-state index is 0.0726. The molecule has 4 aliphatic rings. The van der Waals surface area contributed by atoms with E-state index < -0.39 is 5.66 Å². The van der Waals surface area contributed by atoms with Crippen molar-refractivity contribution in [2.45, 2.75) is 57.5 Å². The number of benzene rings is 5. The number of pyridine rings is 1. The zero-order valence-electron chi connectivity index (χ0n) is 33.1. The quantitative estimate of drug-likeness (QED) is 0.191. The summed E-state index contributed by atoms with van der Waals surface area (Å²) in [6.07, 6.45) is 11.6. The number of allylic oxidation sites excluding steroid dienone is 3. The zero-order chi connectivity index (χ0) is 38.9. The third-order valence-corrected chi connectivity index (χ3v) is 12.4. The van der Waals surface area contributed by atoms with Crippen LogP contribution >= 0.6 is 0 Å². The van der Waals surface area contributed by atoms with Gasteiger partial charge in [0.05, 0.1) is 34.6 Å². The predicted octanol–water partition coefficient (Wildman–Crippen LogP) is 12.1. The van der Waals surface area contributed by atoms with Crippen LogP contribution in [-0.4, -0.2) is 16.7 Å². The number of aromatic nitrogens is 1. The van der Waals surface area contributed by atoms with Crippen LogP contribution in [0.4, 0.5) is 34.3 Å². The van der Waals surface area contributed by atoms with Crippen LogP contribution in [0.3, 0.4) is 0 Å². The number of hydrogen-bond donors (Lipinski definition) is 1. The first-order chi connectivity index (χ1) is 27.6. The highest BCUT2D eigenvalue weighted by Crippen LogP contribution is 2.55. The van der Waals surface area contributed by atoms with Crippen molar-refractivity contribution in [3.63, 3.8) is 0 Å². The lowest BCUT2D eigenvalue weighted by Crippen LogP contribution is -2.44. The van der Waals surface area contributed by atoms with E-state index in [9.17, 15) is 0 Å². The van der Waals surface area contributed by atoms with Crippen molar-refractivity contribution in [1.82, 2.24) is 10.3 Å². The summed E-state index contributed by atoms with van der Waals surface area (Å²) in [6.45, 7) is 11.4. The van der Waals surface area contributed by atoms with Gasteiger partial charge in [-0.3, -0.25) is 4.90 Å². The van der Waals surface area contributed by atoms with Crippen molar-refractivity contribution in [1.29, 1.82) is 0 Å². The molecule has 1 aromatic heterocycles. The summed E-state index contributed by atoms with van der Waals surface area (Å²) in [6, 6.07) is 47.8. The summed E-state index contributed by atoms with van der Waals surface area (Å²) in [5.41, 5.74) is 10.9. The van der Waals surface area contributed by atoms with Crippen molar-refractivity contribution >= 4 is 45.9 Å². The molecule has 6 aromatic rings. The maximum Gasteiger partial charge on any atom is 0.180 e. The molecule has 0 fully saturated rings. The molecule has 0 saturated carbocycles. The minimum atomic E-state index is -1.07. The van der Waals surface area contributed by atoms with Crippen molar-refractivity contribution in [2.75, 3.05) is 9.80 Å². The lowest BCUT2D eigenvalue weighted by Gasteiger charge is -2.44. The molecule has 0 saturated heterocycles. The third kappa shape index (κ3) is 5.49. The number of hydrogen-bond acceptors (Lipinski definition) is 6. The average Bonchev–Trinajstić information content (AvgIpc) is 3.25. The molecule has 0 bridgehead atoms. The zero-order valence-corrected chi connectivity index (χ0v) is 33.1. The number of rotatable bonds is 5. The number of fused-ring (bicyclic) bond motifs is 4. The van der Waals surface area contributed by atoms with Crippen LogP contribution in [0.5, 0.6) is 0 Å². The number of aliphatic imine (C=N–C) groups is 2. The molecule has 6 heteroatoms. The van der Waals surface area contributed by atoms with Gasteiger partial charge in [0.25, 0.3) is 0 Å². The van der Waals surface area contributed by atoms with E-state index in [4.69, 9.17) is 15.0 Å². The van der Waals surface area contributed by atoms with E-state index in [-0.39, 0.29) is 16.7 Å². The summed E-state index contributed by atoms with van der Waals surface area (Å²) in [5, 5.41) is 3.69. The second-order valence-electron chi connectivity index (χ2n) is 16.7. The van der Waals surface area contributed by atoms with Crippen LogP contribution in [0.25, 0.3) is 0 Å². The first-order valence-electron chi connectivity index (χ1n) is 20.0. The molecule has 1 N–H and O–H groups in total. The Kier molecular flexibility index (Phi) is 7.98. The van der Waals surface area contributed by atoms with E-state index in [1.165, 1.54) is 22.3 Å². The normalized spacial score (nSPS) is 21.0. The monoisotopic (exact) mass is 742 g/mol. The van der Waals surface area contributed by atoms with E-state index in [0.29, 0.717) is 0 Å². The molecule has 2 atom stereocenters. The number of nitrogens with one attached hydrogen (secondary N) is 1. The van der Waals surface area contributed by atoms with Gasteiger partial charge < -0.3 is 10.2 Å². The highest BCUT2D eigenvalue weighted by Gasteiger charge is 2.43.